The van der Waals surface area contributed by atoms with Crippen molar-refractivity contribution in [1.29, 1.82) is 0 Å². The molecule has 0 saturated carbocycles. The van der Waals surface area contributed by atoms with E-state index in [2.05, 4.69) is 15.6 Å². The fourth-order valence-electron chi connectivity index (χ4n) is 3.45. The number of primary amides is 1. The van der Waals surface area contributed by atoms with Crippen LogP contribution >= 0.6 is 0 Å². The van der Waals surface area contributed by atoms with Gasteiger partial charge in [-0.05, 0) is 47.7 Å². The van der Waals surface area contributed by atoms with Crippen LogP contribution in [0.1, 0.15) is 80.4 Å². The number of anilines is 2. The van der Waals surface area contributed by atoms with Gasteiger partial charge in [0.2, 0.25) is 11.8 Å². The van der Waals surface area contributed by atoms with Crippen molar-refractivity contribution in [3.05, 3.63) is 65.2 Å². The summed E-state index contributed by atoms with van der Waals surface area (Å²) in [6.45, 7) is 14.7. The Morgan fingerprint density at radius 3 is 1.98 bits per heavy atom. The van der Waals surface area contributed by atoms with E-state index in [1.165, 1.54) is 26.6 Å². The number of benzene rings is 2. The van der Waals surface area contributed by atoms with Gasteiger partial charge in [-0.2, -0.15) is 0 Å². The predicted molar refractivity (Wildman–Crippen MR) is 158 cm³/mol. The lowest BCUT2D eigenvalue weighted by molar-refractivity contribution is -0.125. The smallest absolute Gasteiger partial charge is 0.356 e. The number of aryl methyl sites for hydroxylation is 1. The van der Waals surface area contributed by atoms with Crippen molar-refractivity contribution in [2.45, 2.75) is 60.8 Å². The van der Waals surface area contributed by atoms with Crippen LogP contribution in [0.5, 0.6) is 5.75 Å². The second-order valence-electron chi connectivity index (χ2n) is 11.6. The van der Waals surface area contributed by atoms with Crippen molar-refractivity contribution >= 4 is 35.1 Å². The molecule has 0 unspecified atom stereocenters. The number of carbonyl (C=O) groups excluding carboxylic acids is 3. The van der Waals surface area contributed by atoms with E-state index in [-0.39, 0.29) is 28.3 Å². The van der Waals surface area contributed by atoms with Crippen molar-refractivity contribution in [2.75, 3.05) is 17.7 Å². The monoisotopic (exact) mass is 565 g/mol. The van der Waals surface area contributed by atoms with Crippen LogP contribution < -0.4 is 21.1 Å². The van der Waals surface area contributed by atoms with Gasteiger partial charge in [0.25, 0.3) is 5.91 Å². The molecule has 3 aromatic rings. The van der Waals surface area contributed by atoms with E-state index in [0.717, 1.165) is 11.1 Å². The lowest BCUT2D eigenvalue weighted by atomic mass is 9.86. The van der Waals surface area contributed by atoms with Crippen molar-refractivity contribution < 1.29 is 29.0 Å². The number of aromatic carboxylic acids is 1. The number of carboxylic acids is 1. The quantitative estimate of drug-likeness (QED) is 0.329. The zero-order valence-corrected chi connectivity index (χ0v) is 25.0. The number of imidazole rings is 1. The maximum atomic E-state index is 13.2. The van der Waals surface area contributed by atoms with Crippen molar-refractivity contribution in [3.63, 3.8) is 0 Å². The van der Waals surface area contributed by atoms with E-state index in [9.17, 15) is 19.2 Å². The summed E-state index contributed by atoms with van der Waals surface area (Å²) in [6.07, 6.45) is 2.78. The van der Waals surface area contributed by atoms with Gasteiger partial charge < -0.3 is 30.8 Å². The third kappa shape index (κ3) is 8.66. The van der Waals surface area contributed by atoms with E-state index in [4.69, 9.17) is 15.6 Å². The minimum absolute atomic E-state index is 0.0940. The second-order valence-corrected chi connectivity index (χ2v) is 11.6. The van der Waals surface area contributed by atoms with Gasteiger partial charge in [0.1, 0.15) is 6.33 Å². The molecule has 11 nitrogen and oxygen atoms in total. The molecule has 220 valence electrons. The van der Waals surface area contributed by atoms with Gasteiger partial charge in [0, 0.05) is 24.1 Å². The molecule has 3 amide bonds. The second kappa shape index (κ2) is 12.7. The summed E-state index contributed by atoms with van der Waals surface area (Å²) in [5, 5.41) is 14.8. The van der Waals surface area contributed by atoms with Gasteiger partial charge in [-0.1, -0.05) is 47.6 Å². The number of carboxylic acid groups (broad SMARTS) is 1. The first-order valence-electron chi connectivity index (χ1n) is 12.8. The number of nitrogens with two attached hydrogens (primary N) is 1. The third-order valence-corrected chi connectivity index (χ3v) is 6.01. The Morgan fingerprint density at radius 2 is 1.54 bits per heavy atom. The number of methoxy groups -OCH3 is 1. The lowest BCUT2D eigenvalue weighted by Gasteiger charge is -2.24. The fourth-order valence-corrected chi connectivity index (χ4v) is 3.45. The van der Waals surface area contributed by atoms with E-state index in [1.54, 1.807) is 43.5 Å². The highest BCUT2D eigenvalue weighted by Crippen LogP contribution is 2.39. The molecule has 0 bridgehead atoms. The largest absolute Gasteiger partial charge is 0.492 e. The van der Waals surface area contributed by atoms with E-state index < -0.39 is 11.9 Å². The summed E-state index contributed by atoms with van der Waals surface area (Å²) < 4.78 is 7.08. The Labute approximate surface area is 240 Å². The van der Waals surface area contributed by atoms with Crippen molar-refractivity contribution in [2.24, 2.45) is 11.1 Å². The number of rotatable bonds is 6. The average Bonchev–Trinajstić information content (AvgIpc) is 3.33. The Balaban J connectivity index is 0.000000745. The Morgan fingerprint density at radius 1 is 0.976 bits per heavy atom. The SMILES string of the molecule is CC(C)(C)C(N)=O.COc1c(NC(C)=O)cc(C(C)(C)C)cc1NC(=O)c1ccc(C)c(-n2cnc(C(=O)O)c2)c1. The molecule has 0 aliphatic heterocycles. The van der Waals surface area contributed by atoms with Gasteiger partial charge in [-0.15, -0.1) is 0 Å². The number of hydrogen-bond donors (Lipinski definition) is 4. The van der Waals surface area contributed by atoms with Crippen LogP contribution in [-0.4, -0.2) is 45.5 Å². The number of aromatic nitrogens is 2. The minimum Gasteiger partial charge on any atom is -0.492 e. The molecule has 0 aliphatic rings. The molecule has 0 aliphatic carbocycles. The Hall–Kier alpha value is -4.67. The molecule has 1 aromatic heterocycles. The van der Waals surface area contributed by atoms with Crippen LogP contribution in [0.25, 0.3) is 5.69 Å². The molecule has 1 heterocycles. The molecule has 0 atom stereocenters. The standard InChI is InChI=1S/C25H28N4O5.C5H11NO/c1-14-7-8-16(9-21(14)29-12-20(24(32)33)26-13-29)23(31)28-19-11-17(25(3,4)5)10-18(22(19)34-6)27-15(2)30;1-5(2,3)4(6)7/h7-13H,1-6H3,(H,27,30)(H,28,31)(H,32,33);1-3H3,(H2,6,7). The molecule has 0 radical (unpaired) electrons. The van der Waals surface area contributed by atoms with E-state index in [0.29, 0.717) is 28.4 Å². The average molecular weight is 566 g/mol. The summed E-state index contributed by atoms with van der Waals surface area (Å²) in [5.74, 6) is -1.70. The predicted octanol–water partition coefficient (Wildman–Crippen LogP) is 4.91. The molecule has 3 rings (SSSR count). The molecule has 0 fully saturated rings. The van der Waals surface area contributed by atoms with Gasteiger partial charge in [-0.3, -0.25) is 14.4 Å². The first kappa shape index (κ1) is 32.5. The molecule has 11 heteroatoms. The molecule has 0 saturated heterocycles. The van der Waals surface area contributed by atoms with Gasteiger partial charge in [0.05, 0.1) is 24.2 Å². The molecule has 0 spiro atoms. The summed E-state index contributed by atoms with van der Waals surface area (Å²) in [4.78, 5) is 50.3. The summed E-state index contributed by atoms with van der Waals surface area (Å²) in [7, 11) is 1.47. The van der Waals surface area contributed by atoms with Gasteiger partial charge >= 0.3 is 5.97 Å². The molecular weight excluding hydrogens is 526 g/mol. The zero-order chi connectivity index (χ0) is 31.3. The molecule has 2 aromatic carbocycles. The van der Waals surface area contributed by atoms with Crippen molar-refractivity contribution in [3.8, 4) is 11.4 Å². The summed E-state index contributed by atoms with van der Waals surface area (Å²) >= 11 is 0. The maximum Gasteiger partial charge on any atom is 0.356 e. The van der Waals surface area contributed by atoms with Crippen LogP contribution in [0.3, 0.4) is 0 Å². The number of nitrogens with zero attached hydrogens (tertiary/aromatic N) is 2. The zero-order valence-electron chi connectivity index (χ0n) is 25.0. The highest BCUT2D eigenvalue weighted by atomic mass is 16.5. The van der Waals surface area contributed by atoms with Crippen molar-refractivity contribution in [1.82, 2.24) is 9.55 Å². The van der Waals surface area contributed by atoms with Crippen LogP contribution in [0.4, 0.5) is 11.4 Å². The minimum atomic E-state index is -1.13. The number of hydrogen-bond acceptors (Lipinski definition) is 6. The summed E-state index contributed by atoms with van der Waals surface area (Å²) in [6, 6.07) is 8.77. The maximum absolute atomic E-state index is 13.2. The highest BCUT2D eigenvalue weighted by Gasteiger charge is 2.22. The number of amides is 3. The van der Waals surface area contributed by atoms with Gasteiger partial charge in [0.15, 0.2) is 11.4 Å². The number of carbonyl (C=O) groups is 4. The first-order chi connectivity index (χ1) is 18.8. The molecule has 5 N–H and O–H groups in total. The normalized spacial score (nSPS) is 11.1. The van der Waals surface area contributed by atoms with E-state index in [1.807, 2.05) is 39.8 Å². The number of nitrogens with one attached hydrogen (secondary N) is 2. The van der Waals surface area contributed by atoms with Gasteiger partial charge in [-0.25, -0.2) is 9.78 Å². The Bertz CT molecular complexity index is 1460. The third-order valence-electron chi connectivity index (χ3n) is 6.01. The highest BCUT2D eigenvalue weighted by molar-refractivity contribution is 6.06. The first-order valence-corrected chi connectivity index (χ1v) is 12.8. The lowest BCUT2D eigenvalue weighted by Crippen LogP contribution is -2.27. The van der Waals surface area contributed by atoms with E-state index >= 15 is 0 Å². The summed E-state index contributed by atoms with van der Waals surface area (Å²) in [5.41, 5.74) is 7.83. The topological polar surface area (TPSA) is 166 Å². The van der Waals surface area contributed by atoms with Crippen LogP contribution in [0, 0.1) is 12.3 Å². The van der Waals surface area contributed by atoms with Crippen LogP contribution in [0.15, 0.2) is 42.9 Å². The van der Waals surface area contributed by atoms with Crippen LogP contribution in [0.2, 0.25) is 0 Å². The molecule has 41 heavy (non-hydrogen) atoms. The number of ether oxygens (including phenoxy) is 1. The Kier molecular flexibility index (Phi) is 10.1. The van der Waals surface area contributed by atoms with Crippen LogP contribution in [-0.2, 0) is 15.0 Å². The molecular formula is C30H39N5O6. The fraction of sp³-hybridized carbons (Fsp3) is 0.367.